The summed E-state index contributed by atoms with van der Waals surface area (Å²) in [5, 5.41) is 13.8. The summed E-state index contributed by atoms with van der Waals surface area (Å²) in [6.07, 6.45) is 0.902. The highest BCUT2D eigenvalue weighted by Crippen LogP contribution is 2.26. The molecule has 110 valence electrons. The van der Waals surface area contributed by atoms with Crippen LogP contribution in [0.1, 0.15) is 30.8 Å². The van der Waals surface area contributed by atoms with Crippen LogP contribution in [0.4, 0.5) is 5.69 Å². The van der Waals surface area contributed by atoms with Crippen molar-refractivity contribution in [3.8, 4) is 6.07 Å². The van der Waals surface area contributed by atoms with Crippen LogP contribution in [-0.4, -0.2) is 16.8 Å². The summed E-state index contributed by atoms with van der Waals surface area (Å²) in [6.45, 7) is 5.74. The SMILES string of the molecule is CCc1nn(CC)c(CN(C)c2ccccc2C#N)c1Br. The molecule has 4 nitrogen and oxygen atoms in total. The van der Waals surface area contributed by atoms with Crippen molar-refractivity contribution in [3.63, 3.8) is 0 Å². The van der Waals surface area contributed by atoms with Gasteiger partial charge in [-0.05, 0) is 41.4 Å². The molecule has 0 bridgehead atoms. The molecule has 1 aromatic heterocycles. The first-order valence-corrected chi connectivity index (χ1v) is 7.85. The van der Waals surface area contributed by atoms with Crippen LogP contribution in [0.15, 0.2) is 28.7 Å². The molecule has 21 heavy (non-hydrogen) atoms. The summed E-state index contributed by atoms with van der Waals surface area (Å²) in [7, 11) is 2.00. The topological polar surface area (TPSA) is 44.9 Å². The zero-order valence-corrected chi connectivity index (χ0v) is 14.2. The van der Waals surface area contributed by atoms with Crippen molar-refractivity contribution in [1.82, 2.24) is 9.78 Å². The number of nitriles is 1. The van der Waals surface area contributed by atoms with Crippen LogP contribution < -0.4 is 4.90 Å². The molecule has 5 heteroatoms. The predicted molar refractivity (Wildman–Crippen MR) is 88.2 cm³/mol. The first-order chi connectivity index (χ1) is 10.1. The fraction of sp³-hybridized carbons (Fsp3) is 0.375. The summed E-state index contributed by atoms with van der Waals surface area (Å²) in [4.78, 5) is 2.09. The molecule has 0 fully saturated rings. The highest BCUT2D eigenvalue weighted by Gasteiger charge is 2.16. The van der Waals surface area contributed by atoms with Crippen LogP contribution in [0.2, 0.25) is 0 Å². The summed E-state index contributed by atoms with van der Waals surface area (Å²) in [5.41, 5.74) is 3.85. The molecule has 0 aliphatic rings. The van der Waals surface area contributed by atoms with E-state index < -0.39 is 0 Å². The van der Waals surface area contributed by atoms with Crippen LogP contribution in [0.25, 0.3) is 0 Å². The maximum absolute atomic E-state index is 9.23. The van der Waals surface area contributed by atoms with E-state index >= 15 is 0 Å². The number of hydrogen-bond donors (Lipinski definition) is 0. The molecule has 0 saturated heterocycles. The standard InChI is InChI=1S/C16H19BrN4/c1-4-13-16(17)15(21(5-2)19-13)11-20(3)14-9-7-6-8-12(14)10-18/h6-9H,4-5,11H2,1-3H3. The van der Waals surface area contributed by atoms with Gasteiger partial charge in [0.25, 0.3) is 0 Å². The smallest absolute Gasteiger partial charge is 0.101 e. The van der Waals surface area contributed by atoms with E-state index in [9.17, 15) is 5.26 Å². The molecule has 0 unspecified atom stereocenters. The molecule has 0 aliphatic heterocycles. The van der Waals surface area contributed by atoms with Gasteiger partial charge in [0, 0.05) is 13.6 Å². The third kappa shape index (κ3) is 3.11. The molecule has 0 spiro atoms. The number of nitrogens with zero attached hydrogens (tertiary/aromatic N) is 4. The third-order valence-corrected chi connectivity index (χ3v) is 4.43. The Labute approximate surface area is 134 Å². The lowest BCUT2D eigenvalue weighted by Crippen LogP contribution is -2.20. The first-order valence-electron chi connectivity index (χ1n) is 7.06. The van der Waals surface area contributed by atoms with Crippen molar-refractivity contribution in [2.24, 2.45) is 0 Å². The Kier molecular flexibility index (Phi) is 5.03. The zero-order valence-electron chi connectivity index (χ0n) is 12.6. The fourth-order valence-electron chi connectivity index (χ4n) is 2.38. The van der Waals surface area contributed by atoms with Gasteiger partial charge in [-0.3, -0.25) is 4.68 Å². The quantitative estimate of drug-likeness (QED) is 0.828. The number of aromatic nitrogens is 2. The van der Waals surface area contributed by atoms with E-state index in [1.54, 1.807) is 0 Å². The molecule has 1 heterocycles. The van der Waals surface area contributed by atoms with Crippen LogP contribution in [0, 0.1) is 11.3 Å². The lowest BCUT2D eigenvalue weighted by atomic mass is 10.1. The van der Waals surface area contributed by atoms with E-state index in [-0.39, 0.29) is 0 Å². The van der Waals surface area contributed by atoms with Gasteiger partial charge >= 0.3 is 0 Å². The predicted octanol–water partition coefficient (Wildman–Crippen LogP) is 3.74. The van der Waals surface area contributed by atoms with E-state index in [4.69, 9.17) is 0 Å². The Morgan fingerprint density at radius 2 is 2.05 bits per heavy atom. The molecule has 0 aliphatic carbocycles. The van der Waals surface area contributed by atoms with Crippen LogP contribution in [-0.2, 0) is 19.5 Å². The second-order valence-electron chi connectivity index (χ2n) is 4.86. The average Bonchev–Trinajstić information content (AvgIpc) is 2.83. The maximum atomic E-state index is 9.23. The number of hydrogen-bond acceptors (Lipinski definition) is 3. The highest BCUT2D eigenvalue weighted by atomic mass is 79.9. The van der Waals surface area contributed by atoms with Gasteiger partial charge in [0.15, 0.2) is 0 Å². The maximum Gasteiger partial charge on any atom is 0.101 e. The minimum Gasteiger partial charge on any atom is -0.368 e. The highest BCUT2D eigenvalue weighted by molar-refractivity contribution is 9.10. The van der Waals surface area contributed by atoms with Crippen LogP contribution in [0.5, 0.6) is 0 Å². The molecule has 1 aromatic carbocycles. The molecule has 0 N–H and O–H groups in total. The van der Waals surface area contributed by atoms with Crippen molar-refractivity contribution < 1.29 is 0 Å². The van der Waals surface area contributed by atoms with Gasteiger partial charge in [-0.2, -0.15) is 10.4 Å². The molecule has 0 radical (unpaired) electrons. The average molecular weight is 347 g/mol. The Morgan fingerprint density at radius 1 is 1.33 bits per heavy atom. The lowest BCUT2D eigenvalue weighted by molar-refractivity contribution is 0.609. The van der Waals surface area contributed by atoms with E-state index in [0.717, 1.165) is 34.5 Å². The van der Waals surface area contributed by atoms with E-state index in [1.807, 2.05) is 36.0 Å². The Balaban J connectivity index is 2.34. The normalized spacial score (nSPS) is 10.4. The van der Waals surface area contributed by atoms with Crippen molar-refractivity contribution in [1.29, 1.82) is 5.26 Å². The fourth-order valence-corrected chi connectivity index (χ4v) is 3.07. The molecular formula is C16H19BrN4. The summed E-state index contributed by atoms with van der Waals surface area (Å²) in [6, 6.07) is 9.90. The van der Waals surface area contributed by atoms with Crippen molar-refractivity contribution in [3.05, 3.63) is 45.7 Å². The number of para-hydroxylation sites is 1. The first kappa shape index (κ1) is 15.6. The Hall–Kier alpha value is -1.80. The van der Waals surface area contributed by atoms with Gasteiger partial charge in [0.05, 0.1) is 33.7 Å². The minimum absolute atomic E-state index is 0.689. The van der Waals surface area contributed by atoms with Gasteiger partial charge < -0.3 is 4.90 Å². The van der Waals surface area contributed by atoms with Crippen molar-refractivity contribution in [2.75, 3.05) is 11.9 Å². The zero-order chi connectivity index (χ0) is 15.4. The second-order valence-corrected chi connectivity index (χ2v) is 5.65. The van der Waals surface area contributed by atoms with Crippen LogP contribution in [0.3, 0.4) is 0 Å². The number of aryl methyl sites for hydroxylation is 2. The molecular weight excluding hydrogens is 328 g/mol. The molecule has 0 amide bonds. The van der Waals surface area contributed by atoms with Gasteiger partial charge in [-0.15, -0.1) is 0 Å². The molecule has 0 atom stereocenters. The van der Waals surface area contributed by atoms with Gasteiger partial charge in [0.2, 0.25) is 0 Å². The van der Waals surface area contributed by atoms with Gasteiger partial charge in [0.1, 0.15) is 6.07 Å². The second kappa shape index (κ2) is 6.77. The van der Waals surface area contributed by atoms with E-state index in [2.05, 4.69) is 45.8 Å². The third-order valence-electron chi connectivity index (χ3n) is 3.52. The monoisotopic (exact) mass is 346 g/mol. The van der Waals surface area contributed by atoms with Crippen molar-refractivity contribution in [2.45, 2.75) is 33.4 Å². The van der Waals surface area contributed by atoms with Crippen molar-refractivity contribution >= 4 is 21.6 Å². The van der Waals surface area contributed by atoms with Gasteiger partial charge in [-0.25, -0.2) is 0 Å². The van der Waals surface area contributed by atoms with E-state index in [1.165, 1.54) is 0 Å². The molecule has 2 aromatic rings. The van der Waals surface area contributed by atoms with Crippen LogP contribution >= 0.6 is 15.9 Å². The summed E-state index contributed by atoms with van der Waals surface area (Å²) < 4.78 is 3.10. The Bertz CT molecular complexity index is 669. The number of rotatable bonds is 5. The molecule has 2 rings (SSSR count). The van der Waals surface area contributed by atoms with E-state index in [0.29, 0.717) is 12.1 Å². The molecule has 0 saturated carbocycles. The largest absolute Gasteiger partial charge is 0.368 e. The number of anilines is 1. The van der Waals surface area contributed by atoms with Gasteiger partial charge in [-0.1, -0.05) is 19.1 Å². The lowest BCUT2D eigenvalue weighted by Gasteiger charge is -2.21. The number of benzene rings is 1. The minimum atomic E-state index is 0.689. The Morgan fingerprint density at radius 3 is 2.67 bits per heavy atom. The summed E-state index contributed by atoms with van der Waals surface area (Å²) in [5.74, 6) is 0. The number of halogens is 1. The summed E-state index contributed by atoms with van der Waals surface area (Å²) >= 11 is 3.66.